The van der Waals surface area contributed by atoms with Gasteiger partial charge in [0.2, 0.25) is 0 Å². The van der Waals surface area contributed by atoms with Gasteiger partial charge in [-0.3, -0.25) is 19.2 Å². The van der Waals surface area contributed by atoms with Crippen LogP contribution in [-0.2, 0) is 15.1 Å². The van der Waals surface area contributed by atoms with Crippen LogP contribution in [0.25, 0.3) is 5.57 Å². The fourth-order valence-corrected chi connectivity index (χ4v) is 6.28. The van der Waals surface area contributed by atoms with E-state index in [1.807, 2.05) is 13.8 Å². The third-order valence-electron chi connectivity index (χ3n) is 7.51. The van der Waals surface area contributed by atoms with E-state index in [0.717, 1.165) is 0 Å². The number of hydrogen-bond acceptors (Lipinski definition) is 4. The number of anilines is 2. The van der Waals surface area contributed by atoms with Crippen LogP contribution in [0.1, 0.15) is 59.4 Å². The summed E-state index contributed by atoms with van der Waals surface area (Å²) >= 11 is 12.6. The van der Waals surface area contributed by atoms with E-state index in [9.17, 15) is 22.8 Å². The molecule has 0 fully saturated rings. The molecule has 3 aromatic rings. The number of benzene rings is 2. The van der Waals surface area contributed by atoms with Crippen LogP contribution in [-0.4, -0.2) is 33.8 Å². The normalized spacial score (nSPS) is 21.5. The molecule has 1 N–H and O–H groups in total. The molecule has 6 rings (SSSR count). The summed E-state index contributed by atoms with van der Waals surface area (Å²) in [5, 5.41) is 3.60. The Morgan fingerprint density at radius 1 is 1.12 bits per heavy atom. The first-order valence-corrected chi connectivity index (χ1v) is 13.6. The third-order valence-corrected chi connectivity index (χ3v) is 7.98. The first kappa shape index (κ1) is 27.6. The second kappa shape index (κ2) is 9.47. The minimum absolute atomic E-state index is 0.0459. The minimum Gasteiger partial charge on any atom is -0.323 e. The standard InChI is InChI=1S/C29H23Cl2F3N4O3/c1-14(2)37-24-23(36-25(37)18-6-4-5-7-22(18)41-29(32,33)34)26(39)38(21-13-17(31)9-8-15(21)3)28(24)19-11-10-16(30)12-20(19)35-27(28)40/h4-6,8-14,22H,7H2,1-3H3,(H,35,40). The van der Waals surface area contributed by atoms with Crippen LogP contribution in [0, 0.1) is 6.92 Å². The number of alkyl halides is 3. The maximum atomic E-state index is 14.4. The highest BCUT2D eigenvalue weighted by Gasteiger charge is 2.64. The van der Waals surface area contributed by atoms with E-state index < -0.39 is 35.9 Å². The van der Waals surface area contributed by atoms with Crippen LogP contribution in [0.5, 0.6) is 0 Å². The number of rotatable bonds is 4. The lowest BCUT2D eigenvalue weighted by atomic mass is 9.86. The molecule has 0 radical (unpaired) electrons. The number of halogens is 5. The Kier molecular flexibility index (Phi) is 6.37. The van der Waals surface area contributed by atoms with Gasteiger partial charge in [-0.1, -0.05) is 53.6 Å². The molecule has 212 valence electrons. The van der Waals surface area contributed by atoms with Crippen molar-refractivity contribution in [2.24, 2.45) is 0 Å². The van der Waals surface area contributed by atoms with Crippen molar-refractivity contribution in [1.82, 2.24) is 9.55 Å². The number of aryl methyl sites for hydroxylation is 1. The number of hydrogen-bond donors (Lipinski definition) is 1. The van der Waals surface area contributed by atoms with Crippen LogP contribution in [0.3, 0.4) is 0 Å². The highest BCUT2D eigenvalue weighted by atomic mass is 35.5. The van der Waals surface area contributed by atoms with Crippen molar-refractivity contribution in [1.29, 1.82) is 0 Å². The molecule has 2 amide bonds. The molecular weight excluding hydrogens is 580 g/mol. The van der Waals surface area contributed by atoms with Gasteiger partial charge in [0.1, 0.15) is 5.82 Å². The molecule has 2 unspecified atom stereocenters. The summed E-state index contributed by atoms with van der Waals surface area (Å²) in [6, 6.07) is 9.48. The number of imidazole rings is 1. The zero-order valence-corrected chi connectivity index (χ0v) is 23.5. The molecule has 1 aliphatic carbocycles. The number of aromatic nitrogens is 2. The van der Waals surface area contributed by atoms with Crippen LogP contribution in [0.2, 0.25) is 10.0 Å². The molecule has 3 heterocycles. The zero-order chi connectivity index (χ0) is 29.4. The molecule has 2 aliphatic heterocycles. The summed E-state index contributed by atoms with van der Waals surface area (Å²) in [6.45, 7) is 5.41. The Balaban J connectivity index is 1.68. The van der Waals surface area contributed by atoms with Crippen molar-refractivity contribution in [2.45, 2.75) is 51.2 Å². The Morgan fingerprint density at radius 2 is 1.83 bits per heavy atom. The molecule has 0 saturated heterocycles. The van der Waals surface area contributed by atoms with Gasteiger partial charge in [-0.15, -0.1) is 13.2 Å². The number of carbonyl (C=O) groups excluding carboxylic acids is 2. The molecule has 3 aliphatic rings. The molecule has 1 aromatic heterocycles. The first-order chi connectivity index (χ1) is 19.3. The lowest BCUT2D eigenvalue weighted by molar-refractivity contribution is -0.334. The zero-order valence-electron chi connectivity index (χ0n) is 22.0. The number of fused-ring (bicyclic) bond motifs is 4. The second-order valence-corrected chi connectivity index (χ2v) is 11.2. The van der Waals surface area contributed by atoms with Crippen molar-refractivity contribution in [3.8, 4) is 0 Å². The van der Waals surface area contributed by atoms with E-state index in [-0.39, 0.29) is 29.2 Å². The van der Waals surface area contributed by atoms with Crippen molar-refractivity contribution in [2.75, 3.05) is 10.2 Å². The molecule has 0 bridgehead atoms. The van der Waals surface area contributed by atoms with Gasteiger partial charge in [0.15, 0.2) is 11.2 Å². The van der Waals surface area contributed by atoms with Gasteiger partial charge >= 0.3 is 6.36 Å². The third kappa shape index (κ3) is 4.11. The van der Waals surface area contributed by atoms with E-state index in [4.69, 9.17) is 23.2 Å². The summed E-state index contributed by atoms with van der Waals surface area (Å²) in [7, 11) is 0. The van der Waals surface area contributed by atoms with Gasteiger partial charge in [-0.25, -0.2) is 4.98 Å². The smallest absolute Gasteiger partial charge is 0.323 e. The Morgan fingerprint density at radius 3 is 2.54 bits per heavy atom. The van der Waals surface area contributed by atoms with Gasteiger partial charge in [0, 0.05) is 32.9 Å². The predicted octanol–water partition coefficient (Wildman–Crippen LogP) is 7.18. The number of allylic oxidation sites excluding steroid dienone is 2. The highest BCUT2D eigenvalue weighted by Crippen LogP contribution is 2.55. The van der Waals surface area contributed by atoms with Gasteiger partial charge in [-0.05, 0) is 57.0 Å². The minimum atomic E-state index is -4.89. The van der Waals surface area contributed by atoms with Crippen molar-refractivity contribution >= 4 is 52.0 Å². The fourth-order valence-electron chi connectivity index (χ4n) is 5.94. The second-order valence-electron chi connectivity index (χ2n) is 10.4. The van der Waals surface area contributed by atoms with Crippen molar-refractivity contribution in [3.63, 3.8) is 0 Å². The molecule has 41 heavy (non-hydrogen) atoms. The molecule has 0 saturated carbocycles. The molecule has 2 aromatic carbocycles. The Hall–Kier alpha value is -3.60. The maximum Gasteiger partial charge on any atom is 0.523 e. The maximum absolute atomic E-state index is 14.4. The van der Waals surface area contributed by atoms with E-state index in [1.54, 1.807) is 60.0 Å². The average molecular weight is 603 g/mol. The molecular formula is C29H23Cl2F3N4O3. The topological polar surface area (TPSA) is 76.5 Å². The summed E-state index contributed by atoms with van der Waals surface area (Å²) in [5.74, 6) is -1.01. The molecule has 7 nitrogen and oxygen atoms in total. The first-order valence-electron chi connectivity index (χ1n) is 12.8. The lowest BCUT2D eigenvalue weighted by Crippen LogP contribution is -2.51. The van der Waals surface area contributed by atoms with Crippen LogP contribution < -0.4 is 10.2 Å². The van der Waals surface area contributed by atoms with E-state index in [1.165, 1.54) is 11.0 Å². The molecule has 1 spiro atoms. The average Bonchev–Trinajstić information content (AvgIpc) is 3.49. The van der Waals surface area contributed by atoms with Gasteiger partial charge in [-0.2, -0.15) is 0 Å². The molecule has 12 heteroatoms. The van der Waals surface area contributed by atoms with Crippen LogP contribution in [0.4, 0.5) is 24.5 Å². The van der Waals surface area contributed by atoms with E-state index in [2.05, 4.69) is 15.0 Å². The largest absolute Gasteiger partial charge is 0.523 e. The van der Waals surface area contributed by atoms with Gasteiger partial charge < -0.3 is 9.88 Å². The van der Waals surface area contributed by atoms with E-state index >= 15 is 0 Å². The monoisotopic (exact) mass is 602 g/mol. The Bertz CT molecular complexity index is 1690. The van der Waals surface area contributed by atoms with Crippen molar-refractivity contribution in [3.05, 3.63) is 93.0 Å². The van der Waals surface area contributed by atoms with Crippen molar-refractivity contribution < 1.29 is 27.5 Å². The highest BCUT2D eigenvalue weighted by molar-refractivity contribution is 6.32. The predicted molar refractivity (Wildman–Crippen MR) is 149 cm³/mol. The molecule has 2 atom stereocenters. The fraction of sp³-hybridized carbons (Fsp3) is 0.276. The number of nitrogens with zero attached hydrogens (tertiary/aromatic N) is 3. The number of ether oxygens (including phenoxy) is 1. The van der Waals surface area contributed by atoms with E-state index in [0.29, 0.717) is 32.5 Å². The van der Waals surface area contributed by atoms with Gasteiger partial charge in [0.25, 0.3) is 11.8 Å². The van der Waals surface area contributed by atoms with Gasteiger partial charge in [0.05, 0.1) is 17.5 Å². The summed E-state index contributed by atoms with van der Waals surface area (Å²) in [4.78, 5) is 34.7. The number of carbonyl (C=O) groups is 2. The summed E-state index contributed by atoms with van der Waals surface area (Å²) in [6.07, 6.45) is -1.65. The summed E-state index contributed by atoms with van der Waals surface area (Å²) in [5.41, 5.74) is 0.528. The number of nitrogens with one attached hydrogen (secondary N) is 1. The van der Waals surface area contributed by atoms with Crippen LogP contribution in [0.15, 0.2) is 54.6 Å². The SMILES string of the molecule is Cc1ccc(Cl)cc1N1C(=O)c2nc(C3=CC=CCC3OC(F)(F)F)n(C(C)C)c2C12C(=O)Nc1cc(Cl)ccc12. The quantitative estimate of drug-likeness (QED) is 0.343. The summed E-state index contributed by atoms with van der Waals surface area (Å²) < 4.78 is 46.2. The Labute approximate surface area is 243 Å². The van der Waals surface area contributed by atoms with Crippen LogP contribution >= 0.6 is 23.2 Å². The number of amides is 2. The lowest BCUT2D eigenvalue weighted by Gasteiger charge is -2.37.